The molecule has 0 bridgehead atoms. The molecule has 1 aliphatic rings. The summed E-state index contributed by atoms with van der Waals surface area (Å²) < 4.78 is 5.87. The van der Waals surface area contributed by atoms with Crippen LogP contribution in [0.4, 0.5) is 5.82 Å². The Morgan fingerprint density at radius 1 is 1.19 bits per heavy atom. The van der Waals surface area contributed by atoms with Crippen molar-refractivity contribution >= 4 is 5.82 Å². The van der Waals surface area contributed by atoms with Gasteiger partial charge in [-0.15, -0.1) is 0 Å². The normalized spacial score (nSPS) is 16.6. The molecule has 1 aliphatic carbocycles. The van der Waals surface area contributed by atoms with Crippen molar-refractivity contribution < 1.29 is 4.74 Å². The lowest BCUT2D eigenvalue weighted by Crippen LogP contribution is -2.10. The molecule has 1 aromatic rings. The van der Waals surface area contributed by atoms with Crippen LogP contribution in [0.1, 0.15) is 64.0 Å². The van der Waals surface area contributed by atoms with E-state index in [0.29, 0.717) is 17.8 Å². The molecule has 1 atom stereocenters. The number of aromatic nitrogens is 1. The van der Waals surface area contributed by atoms with E-state index in [1.165, 1.54) is 11.1 Å². The zero-order chi connectivity index (χ0) is 18.8. The molecule has 2 rings (SSSR count). The van der Waals surface area contributed by atoms with Gasteiger partial charge in [0, 0.05) is 25.3 Å². The van der Waals surface area contributed by atoms with E-state index < -0.39 is 0 Å². The maximum absolute atomic E-state index is 5.87. The Balaban J connectivity index is 1.76. The van der Waals surface area contributed by atoms with E-state index in [4.69, 9.17) is 4.74 Å². The van der Waals surface area contributed by atoms with Crippen LogP contribution >= 0.6 is 0 Å². The molecule has 3 heteroatoms. The number of anilines is 1. The first-order chi connectivity index (χ1) is 12.6. The van der Waals surface area contributed by atoms with Gasteiger partial charge in [-0.3, -0.25) is 0 Å². The van der Waals surface area contributed by atoms with E-state index in [1.807, 2.05) is 0 Å². The predicted molar refractivity (Wildman–Crippen MR) is 112 cm³/mol. The van der Waals surface area contributed by atoms with Crippen molar-refractivity contribution in [3.05, 3.63) is 47.7 Å². The maximum atomic E-state index is 5.87. The summed E-state index contributed by atoms with van der Waals surface area (Å²) in [5, 5.41) is 3.45. The van der Waals surface area contributed by atoms with Crippen LogP contribution in [0.25, 0.3) is 0 Å². The zero-order valence-corrected chi connectivity index (χ0v) is 17.0. The summed E-state index contributed by atoms with van der Waals surface area (Å²) in [5.41, 5.74) is 2.81. The predicted octanol–water partition coefficient (Wildman–Crippen LogP) is 5.74. The third kappa shape index (κ3) is 7.33. The minimum atomic E-state index is 0.513. The highest BCUT2D eigenvalue weighted by Gasteiger charge is 2.10. The molecule has 0 saturated carbocycles. The lowest BCUT2D eigenvalue weighted by atomic mass is 9.96. The van der Waals surface area contributed by atoms with Crippen LogP contribution in [0.2, 0.25) is 0 Å². The number of allylic oxidation sites excluding steroid dienone is 3. The fraction of sp³-hybridized carbons (Fsp3) is 0.609. The van der Waals surface area contributed by atoms with E-state index in [-0.39, 0.29) is 0 Å². The Bertz CT molecular complexity index is 590. The molecule has 0 saturated heterocycles. The number of hydrogen-bond acceptors (Lipinski definition) is 3. The molecule has 0 fully saturated rings. The topological polar surface area (TPSA) is 34.1 Å². The van der Waals surface area contributed by atoms with E-state index in [1.54, 1.807) is 0 Å². The largest absolute Gasteiger partial charge is 0.381 e. The molecule has 0 spiro atoms. The van der Waals surface area contributed by atoms with E-state index in [0.717, 1.165) is 51.3 Å². The van der Waals surface area contributed by atoms with Gasteiger partial charge in [0.05, 0.1) is 6.61 Å². The standard InChI is InChI=1S/C23H36N2O/c1-18(2)15-24-23-14-21(22(16-25-23)19(3)4)12-8-9-13-26-17-20-10-6-5-7-11-20/h5-7,10,14,16,18-20H,8-9,11-13,15,17H2,1-4H3,(H,24,25). The summed E-state index contributed by atoms with van der Waals surface area (Å²) in [6.07, 6.45) is 15.2. The summed E-state index contributed by atoms with van der Waals surface area (Å²) in [7, 11) is 0. The Hall–Kier alpha value is -1.61. The van der Waals surface area contributed by atoms with Crippen LogP contribution in [0.3, 0.4) is 0 Å². The average Bonchev–Trinajstić information content (AvgIpc) is 2.63. The number of rotatable bonds is 11. The number of ether oxygens (including phenoxy) is 1. The second-order valence-electron chi connectivity index (χ2n) is 8.04. The van der Waals surface area contributed by atoms with Crippen molar-refractivity contribution in [2.75, 3.05) is 25.1 Å². The lowest BCUT2D eigenvalue weighted by Gasteiger charge is -2.16. The molecule has 0 aliphatic heterocycles. The Morgan fingerprint density at radius 2 is 2.04 bits per heavy atom. The molecule has 144 valence electrons. The third-order valence-electron chi connectivity index (χ3n) is 4.72. The number of aryl methyl sites for hydroxylation is 1. The lowest BCUT2D eigenvalue weighted by molar-refractivity contribution is 0.109. The molecule has 1 heterocycles. The SMILES string of the molecule is CC(C)CNc1cc(CCCCOCC2C=CC=CC2)c(C(C)C)cn1. The van der Waals surface area contributed by atoms with Crippen LogP contribution in [0.5, 0.6) is 0 Å². The molecule has 0 aromatic carbocycles. The summed E-state index contributed by atoms with van der Waals surface area (Å²) >= 11 is 0. The van der Waals surface area contributed by atoms with Crippen molar-refractivity contribution in [3.8, 4) is 0 Å². The van der Waals surface area contributed by atoms with Crippen LogP contribution in [-0.2, 0) is 11.2 Å². The van der Waals surface area contributed by atoms with Gasteiger partial charge in [-0.25, -0.2) is 4.98 Å². The Kier molecular flexibility index (Phi) is 8.90. The van der Waals surface area contributed by atoms with Gasteiger partial charge in [-0.2, -0.15) is 0 Å². The highest BCUT2D eigenvalue weighted by Crippen LogP contribution is 2.23. The fourth-order valence-corrected chi connectivity index (χ4v) is 3.16. The minimum Gasteiger partial charge on any atom is -0.381 e. The van der Waals surface area contributed by atoms with Crippen LogP contribution < -0.4 is 5.32 Å². The molecule has 26 heavy (non-hydrogen) atoms. The molecular formula is C23H36N2O. The van der Waals surface area contributed by atoms with Gasteiger partial charge in [-0.1, -0.05) is 52.0 Å². The average molecular weight is 357 g/mol. The molecule has 1 N–H and O–H groups in total. The summed E-state index contributed by atoms with van der Waals surface area (Å²) in [6.45, 7) is 11.6. The van der Waals surface area contributed by atoms with Gasteiger partial charge >= 0.3 is 0 Å². The first-order valence-corrected chi connectivity index (χ1v) is 10.2. The summed E-state index contributed by atoms with van der Waals surface area (Å²) in [4.78, 5) is 4.59. The minimum absolute atomic E-state index is 0.513. The molecule has 0 amide bonds. The second kappa shape index (κ2) is 11.2. The highest BCUT2D eigenvalue weighted by molar-refractivity contribution is 5.42. The van der Waals surface area contributed by atoms with Crippen LogP contribution in [0, 0.1) is 11.8 Å². The van der Waals surface area contributed by atoms with Gasteiger partial charge in [0.15, 0.2) is 0 Å². The fourth-order valence-electron chi connectivity index (χ4n) is 3.16. The first-order valence-electron chi connectivity index (χ1n) is 10.2. The van der Waals surface area contributed by atoms with Crippen molar-refractivity contribution in [1.82, 2.24) is 4.98 Å². The number of nitrogens with zero attached hydrogens (tertiary/aromatic N) is 1. The van der Waals surface area contributed by atoms with Crippen molar-refractivity contribution in [2.45, 2.75) is 59.3 Å². The van der Waals surface area contributed by atoms with Gasteiger partial charge in [-0.05, 0) is 54.7 Å². The maximum Gasteiger partial charge on any atom is 0.126 e. The quantitative estimate of drug-likeness (QED) is 0.513. The summed E-state index contributed by atoms with van der Waals surface area (Å²) in [5.74, 6) is 2.70. The number of pyridine rings is 1. The van der Waals surface area contributed by atoms with Crippen molar-refractivity contribution in [1.29, 1.82) is 0 Å². The summed E-state index contributed by atoms with van der Waals surface area (Å²) in [6, 6.07) is 2.25. The third-order valence-corrected chi connectivity index (χ3v) is 4.72. The smallest absolute Gasteiger partial charge is 0.126 e. The molecule has 3 nitrogen and oxygen atoms in total. The first kappa shape index (κ1) is 20.7. The van der Waals surface area contributed by atoms with Gasteiger partial charge in [0.2, 0.25) is 0 Å². The molecular weight excluding hydrogens is 320 g/mol. The van der Waals surface area contributed by atoms with E-state index in [9.17, 15) is 0 Å². The zero-order valence-electron chi connectivity index (χ0n) is 17.0. The monoisotopic (exact) mass is 356 g/mol. The highest BCUT2D eigenvalue weighted by atomic mass is 16.5. The van der Waals surface area contributed by atoms with Gasteiger partial charge < -0.3 is 10.1 Å². The van der Waals surface area contributed by atoms with E-state index in [2.05, 4.69) is 74.6 Å². The molecule has 0 radical (unpaired) electrons. The van der Waals surface area contributed by atoms with Crippen molar-refractivity contribution in [2.24, 2.45) is 11.8 Å². The molecule has 1 unspecified atom stereocenters. The Morgan fingerprint density at radius 3 is 2.73 bits per heavy atom. The number of hydrogen-bond donors (Lipinski definition) is 1. The van der Waals surface area contributed by atoms with Crippen LogP contribution in [-0.4, -0.2) is 24.7 Å². The van der Waals surface area contributed by atoms with Crippen molar-refractivity contribution in [3.63, 3.8) is 0 Å². The van der Waals surface area contributed by atoms with Gasteiger partial charge in [0.1, 0.15) is 5.82 Å². The second-order valence-corrected chi connectivity index (χ2v) is 8.04. The Labute approximate surface area is 159 Å². The molecule has 1 aromatic heterocycles. The van der Waals surface area contributed by atoms with Gasteiger partial charge in [0.25, 0.3) is 0 Å². The van der Waals surface area contributed by atoms with E-state index >= 15 is 0 Å². The number of nitrogens with one attached hydrogen (secondary N) is 1. The number of unbranched alkanes of at least 4 members (excludes halogenated alkanes) is 1. The van der Waals surface area contributed by atoms with Crippen LogP contribution in [0.15, 0.2) is 36.6 Å².